The molecular formula is C11H15FN2O. The normalized spacial score (nSPS) is 12.3. The Morgan fingerprint density at radius 2 is 2.27 bits per heavy atom. The molecule has 1 rings (SSSR count). The van der Waals surface area contributed by atoms with Crippen molar-refractivity contribution in [2.24, 2.45) is 5.73 Å². The molecule has 0 radical (unpaired) electrons. The van der Waals surface area contributed by atoms with E-state index in [1.54, 1.807) is 19.9 Å². The number of benzene rings is 1. The second kappa shape index (κ2) is 4.89. The molecule has 0 aliphatic rings. The van der Waals surface area contributed by atoms with E-state index in [1.807, 2.05) is 0 Å². The van der Waals surface area contributed by atoms with Crippen molar-refractivity contribution >= 4 is 11.6 Å². The van der Waals surface area contributed by atoms with Gasteiger partial charge in [0.25, 0.3) is 0 Å². The van der Waals surface area contributed by atoms with Crippen molar-refractivity contribution in [1.82, 2.24) is 0 Å². The predicted octanol–water partition coefficient (Wildman–Crippen LogP) is 1.81. The second-order valence-electron chi connectivity index (χ2n) is 3.69. The van der Waals surface area contributed by atoms with Crippen LogP contribution in [0.5, 0.6) is 0 Å². The first-order chi connectivity index (χ1) is 6.99. The molecule has 0 spiro atoms. The number of anilines is 1. The second-order valence-corrected chi connectivity index (χ2v) is 3.69. The highest BCUT2D eigenvalue weighted by Crippen LogP contribution is 2.13. The van der Waals surface area contributed by atoms with Gasteiger partial charge in [-0.3, -0.25) is 4.79 Å². The molecule has 0 saturated heterocycles. The van der Waals surface area contributed by atoms with Gasteiger partial charge in [0.2, 0.25) is 5.91 Å². The molecule has 82 valence electrons. The van der Waals surface area contributed by atoms with E-state index >= 15 is 0 Å². The zero-order valence-corrected chi connectivity index (χ0v) is 8.88. The van der Waals surface area contributed by atoms with Crippen LogP contribution in [0.25, 0.3) is 0 Å². The van der Waals surface area contributed by atoms with Crippen LogP contribution in [-0.4, -0.2) is 11.9 Å². The summed E-state index contributed by atoms with van der Waals surface area (Å²) < 4.78 is 12.9. The number of rotatable bonds is 3. The zero-order chi connectivity index (χ0) is 11.4. The first-order valence-electron chi connectivity index (χ1n) is 4.80. The minimum atomic E-state index is -0.278. The number of nitrogens with one attached hydrogen (secondary N) is 1. The summed E-state index contributed by atoms with van der Waals surface area (Å²) in [5, 5.41) is 2.66. The maximum Gasteiger partial charge on any atom is 0.225 e. The average molecular weight is 210 g/mol. The summed E-state index contributed by atoms with van der Waals surface area (Å²) in [6.07, 6.45) is 0.260. The monoisotopic (exact) mass is 210 g/mol. The number of hydrogen-bond donors (Lipinski definition) is 2. The molecule has 4 heteroatoms. The SMILES string of the molecule is Cc1cc(NC(=O)CC(C)N)ccc1F. The van der Waals surface area contributed by atoms with E-state index in [-0.39, 0.29) is 24.2 Å². The standard InChI is InChI=1S/C11H15FN2O/c1-7-5-9(3-4-10(7)12)14-11(15)6-8(2)13/h3-5,8H,6,13H2,1-2H3,(H,14,15). The lowest BCUT2D eigenvalue weighted by Crippen LogP contribution is -2.24. The van der Waals surface area contributed by atoms with E-state index < -0.39 is 0 Å². The molecule has 3 N–H and O–H groups in total. The van der Waals surface area contributed by atoms with Gasteiger partial charge >= 0.3 is 0 Å². The largest absolute Gasteiger partial charge is 0.327 e. The molecule has 1 aromatic rings. The Hall–Kier alpha value is -1.42. The van der Waals surface area contributed by atoms with Crippen LogP contribution in [0, 0.1) is 12.7 Å². The van der Waals surface area contributed by atoms with E-state index in [0.29, 0.717) is 11.3 Å². The number of hydrogen-bond acceptors (Lipinski definition) is 2. The Bertz CT molecular complexity index is 364. The van der Waals surface area contributed by atoms with Gasteiger partial charge in [0.15, 0.2) is 0 Å². The molecule has 0 saturated carbocycles. The van der Waals surface area contributed by atoms with Crippen molar-refractivity contribution in [2.75, 3.05) is 5.32 Å². The number of aryl methyl sites for hydroxylation is 1. The fraction of sp³-hybridized carbons (Fsp3) is 0.364. The fourth-order valence-corrected chi connectivity index (χ4v) is 1.23. The topological polar surface area (TPSA) is 55.1 Å². The quantitative estimate of drug-likeness (QED) is 0.799. The van der Waals surface area contributed by atoms with Crippen LogP contribution in [0.15, 0.2) is 18.2 Å². The minimum Gasteiger partial charge on any atom is -0.327 e. The first kappa shape index (κ1) is 11.7. The number of nitrogens with two attached hydrogens (primary N) is 1. The summed E-state index contributed by atoms with van der Waals surface area (Å²) in [7, 11) is 0. The molecule has 0 heterocycles. The molecule has 0 aromatic heterocycles. The van der Waals surface area contributed by atoms with Gasteiger partial charge in [-0.1, -0.05) is 0 Å². The van der Waals surface area contributed by atoms with Crippen molar-refractivity contribution in [1.29, 1.82) is 0 Å². The predicted molar refractivity (Wildman–Crippen MR) is 58.0 cm³/mol. The van der Waals surface area contributed by atoms with Gasteiger partial charge in [-0.2, -0.15) is 0 Å². The number of carbonyl (C=O) groups excluding carboxylic acids is 1. The highest BCUT2D eigenvalue weighted by molar-refractivity contribution is 5.91. The molecular weight excluding hydrogens is 195 g/mol. The molecule has 1 aromatic carbocycles. The van der Waals surface area contributed by atoms with Crippen LogP contribution >= 0.6 is 0 Å². The third-order valence-corrected chi connectivity index (χ3v) is 1.95. The van der Waals surface area contributed by atoms with Gasteiger partial charge in [0.1, 0.15) is 5.82 Å². The molecule has 0 bridgehead atoms. The van der Waals surface area contributed by atoms with E-state index in [0.717, 1.165) is 0 Å². The van der Waals surface area contributed by atoms with Crippen molar-refractivity contribution in [2.45, 2.75) is 26.3 Å². The molecule has 3 nitrogen and oxygen atoms in total. The van der Waals surface area contributed by atoms with Crippen molar-refractivity contribution in [3.8, 4) is 0 Å². The minimum absolute atomic E-state index is 0.156. The number of amides is 1. The van der Waals surface area contributed by atoms with Crippen LogP contribution in [0.2, 0.25) is 0 Å². The molecule has 15 heavy (non-hydrogen) atoms. The van der Waals surface area contributed by atoms with Crippen molar-refractivity contribution < 1.29 is 9.18 Å². The summed E-state index contributed by atoms with van der Waals surface area (Å²) in [5.41, 5.74) is 6.58. The summed E-state index contributed by atoms with van der Waals surface area (Å²) >= 11 is 0. The smallest absolute Gasteiger partial charge is 0.225 e. The van der Waals surface area contributed by atoms with Crippen LogP contribution in [-0.2, 0) is 4.79 Å². The van der Waals surface area contributed by atoms with E-state index in [1.165, 1.54) is 12.1 Å². The highest BCUT2D eigenvalue weighted by atomic mass is 19.1. The summed E-state index contributed by atoms with van der Waals surface area (Å²) in [5.74, 6) is -0.434. The van der Waals surface area contributed by atoms with Gasteiger partial charge in [-0.25, -0.2) is 4.39 Å². The summed E-state index contributed by atoms with van der Waals surface area (Å²) in [6, 6.07) is 4.28. The molecule has 1 amide bonds. The van der Waals surface area contributed by atoms with Gasteiger partial charge in [-0.15, -0.1) is 0 Å². The van der Waals surface area contributed by atoms with Gasteiger partial charge in [0, 0.05) is 18.2 Å². The lowest BCUT2D eigenvalue weighted by Gasteiger charge is -2.08. The number of carbonyl (C=O) groups is 1. The van der Waals surface area contributed by atoms with Crippen molar-refractivity contribution in [3.05, 3.63) is 29.6 Å². The Labute approximate surface area is 88.5 Å². The Balaban J connectivity index is 2.65. The molecule has 1 unspecified atom stereocenters. The van der Waals surface area contributed by atoms with Crippen LogP contribution < -0.4 is 11.1 Å². The summed E-state index contributed by atoms with van der Waals surface area (Å²) in [6.45, 7) is 3.41. The lowest BCUT2D eigenvalue weighted by atomic mass is 10.2. The molecule has 0 aliphatic carbocycles. The van der Waals surface area contributed by atoms with Gasteiger partial charge < -0.3 is 11.1 Å². The van der Waals surface area contributed by atoms with Crippen LogP contribution in [0.4, 0.5) is 10.1 Å². The Morgan fingerprint density at radius 1 is 1.60 bits per heavy atom. The Morgan fingerprint density at radius 3 is 2.80 bits per heavy atom. The first-order valence-corrected chi connectivity index (χ1v) is 4.80. The molecule has 0 fully saturated rings. The van der Waals surface area contributed by atoms with E-state index in [2.05, 4.69) is 5.32 Å². The van der Waals surface area contributed by atoms with Gasteiger partial charge in [-0.05, 0) is 37.6 Å². The van der Waals surface area contributed by atoms with Crippen molar-refractivity contribution in [3.63, 3.8) is 0 Å². The molecule has 0 aliphatic heterocycles. The third kappa shape index (κ3) is 3.67. The molecule has 1 atom stereocenters. The van der Waals surface area contributed by atoms with E-state index in [9.17, 15) is 9.18 Å². The number of halogens is 1. The zero-order valence-electron chi connectivity index (χ0n) is 8.88. The average Bonchev–Trinajstić information content (AvgIpc) is 2.10. The maximum atomic E-state index is 12.9. The van der Waals surface area contributed by atoms with E-state index in [4.69, 9.17) is 5.73 Å². The van der Waals surface area contributed by atoms with Crippen LogP contribution in [0.1, 0.15) is 18.9 Å². The van der Waals surface area contributed by atoms with Crippen LogP contribution in [0.3, 0.4) is 0 Å². The highest BCUT2D eigenvalue weighted by Gasteiger charge is 2.06. The van der Waals surface area contributed by atoms with Gasteiger partial charge in [0.05, 0.1) is 0 Å². The summed E-state index contributed by atoms with van der Waals surface area (Å²) in [4.78, 5) is 11.3. The fourth-order valence-electron chi connectivity index (χ4n) is 1.23. The maximum absolute atomic E-state index is 12.9. The lowest BCUT2D eigenvalue weighted by molar-refractivity contribution is -0.116. The third-order valence-electron chi connectivity index (χ3n) is 1.95. The Kier molecular flexibility index (Phi) is 3.80.